The third-order valence-corrected chi connectivity index (χ3v) is 4.71. The average molecular weight is 335 g/mol. The summed E-state index contributed by atoms with van der Waals surface area (Å²) in [6.45, 7) is 1.89. The van der Waals surface area contributed by atoms with Gasteiger partial charge in [-0.25, -0.2) is 4.68 Å². The van der Waals surface area contributed by atoms with Gasteiger partial charge in [-0.05, 0) is 37.1 Å². The Balaban J connectivity index is 1.37. The van der Waals surface area contributed by atoms with Crippen LogP contribution in [0, 0.1) is 0 Å². The van der Waals surface area contributed by atoms with Gasteiger partial charge in [-0.3, -0.25) is 4.79 Å². The van der Waals surface area contributed by atoms with Crippen LogP contribution in [-0.4, -0.2) is 40.0 Å². The molecule has 1 aromatic heterocycles. The number of anilines is 1. The summed E-state index contributed by atoms with van der Waals surface area (Å²) in [5.74, 6) is -0.0319. The van der Waals surface area contributed by atoms with Gasteiger partial charge >= 0.3 is 0 Å². The van der Waals surface area contributed by atoms with Crippen LogP contribution in [0.15, 0.2) is 54.6 Å². The second-order valence-electron chi connectivity index (χ2n) is 6.36. The molecule has 128 valence electrons. The summed E-state index contributed by atoms with van der Waals surface area (Å²) in [6, 6.07) is 18.4. The lowest BCUT2D eigenvalue weighted by Crippen LogP contribution is -2.41. The SMILES string of the molecule is O=C(Cn1nnc2ccccc21)NCC1CCCN1c1ccccc1. The van der Waals surface area contributed by atoms with Crippen LogP contribution in [0.1, 0.15) is 12.8 Å². The first kappa shape index (κ1) is 15.6. The van der Waals surface area contributed by atoms with Crippen molar-refractivity contribution in [1.29, 1.82) is 0 Å². The Labute approximate surface area is 146 Å². The van der Waals surface area contributed by atoms with Gasteiger partial charge in [0.25, 0.3) is 0 Å². The molecule has 2 heterocycles. The van der Waals surface area contributed by atoms with Gasteiger partial charge in [0.1, 0.15) is 12.1 Å². The number of carbonyl (C=O) groups excluding carboxylic acids is 1. The zero-order valence-corrected chi connectivity index (χ0v) is 14.0. The average Bonchev–Trinajstić information content (AvgIpc) is 3.28. The van der Waals surface area contributed by atoms with Crippen LogP contribution >= 0.6 is 0 Å². The van der Waals surface area contributed by atoms with E-state index in [1.165, 1.54) is 5.69 Å². The molecule has 1 fully saturated rings. The fourth-order valence-corrected chi connectivity index (χ4v) is 3.47. The summed E-state index contributed by atoms with van der Waals surface area (Å²) < 4.78 is 1.65. The molecule has 1 aliphatic rings. The Morgan fingerprint density at radius 3 is 2.80 bits per heavy atom. The standard InChI is InChI=1S/C19H21N5O/c25-19(14-24-18-11-5-4-10-17(18)21-22-24)20-13-16-9-6-12-23(16)15-7-2-1-3-8-15/h1-5,7-8,10-11,16H,6,9,12-14H2,(H,20,25). The van der Waals surface area contributed by atoms with E-state index in [1.807, 2.05) is 30.3 Å². The number of aromatic nitrogens is 3. The summed E-state index contributed by atoms with van der Waals surface area (Å²) in [5.41, 5.74) is 2.91. The number of nitrogens with one attached hydrogen (secondary N) is 1. The summed E-state index contributed by atoms with van der Waals surface area (Å²) in [7, 11) is 0. The molecule has 1 saturated heterocycles. The van der Waals surface area contributed by atoms with Gasteiger partial charge in [-0.1, -0.05) is 35.5 Å². The molecule has 1 amide bonds. The van der Waals surface area contributed by atoms with Gasteiger partial charge in [-0.2, -0.15) is 0 Å². The van der Waals surface area contributed by atoms with Crippen LogP contribution in [0.3, 0.4) is 0 Å². The van der Waals surface area contributed by atoms with Gasteiger partial charge in [-0.15, -0.1) is 5.10 Å². The maximum absolute atomic E-state index is 12.3. The molecule has 0 aliphatic carbocycles. The molecule has 2 aromatic carbocycles. The van der Waals surface area contributed by atoms with Crippen molar-refractivity contribution in [1.82, 2.24) is 20.3 Å². The van der Waals surface area contributed by atoms with E-state index in [9.17, 15) is 4.79 Å². The van der Waals surface area contributed by atoms with Gasteiger partial charge < -0.3 is 10.2 Å². The Morgan fingerprint density at radius 1 is 1.12 bits per heavy atom. The predicted octanol–water partition coefficient (Wildman–Crippen LogP) is 2.22. The highest BCUT2D eigenvalue weighted by atomic mass is 16.2. The molecule has 6 nitrogen and oxygen atoms in total. The molecular weight excluding hydrogens is 314 g/mol. The topological polar surface area (TPSA) is 63.1 Å². The zero-order valence-electron chi connectivity index (χ0n) is 14.0. The summed E-state index contributed by atoms with van der Waals surface area (Å²) in [4.78, 5) is 14.7. The molecule has 1 N–H and O–H groups in total. The quantitative estimate of drug-likeness (QED) is 0.776. The van der Waals surface area contributed by atoms with E-state index >= 15 is 0 Å². The lowest BCUT2D eigenvalue weighted by Gasteiger charge is -2.27. The molecule has 0 bridgehead atoms. The minimum Gasteiger partial charge on any atom is -0.367 e. The van der Waals surface area contributed by atoms with Crippen LogP contribution in [-0.2, 0) is 11.3 Å². The third-order valence-electron chi connectivity index (χ3n) is 4.71. The van der Waals surface area contributed by atoms with E-state index < -0.39 is 0 Å². The lowest BCUT2D eigenvalue weighted by molar-refractivity contribution is -0.121. The van der Waals surface area contributed by atoms with Crippen LogP contribution < -0.4 is 10.2 Å². The Morgan fingerprint density at radius 2 is 1.92 bits per heavy atom. The van der Waals surface area contributed by atoms with Crippen molar-refractivity contribution < 1.29 is 4.79 Å². The molecular formula is C19H21N5O. The Hall–Kier alpha value is -2.89. The van der Waals surface area contributed by atoms with Crippen LogP contribution in [0.4, 0.5) is 5.69 Å². The monoisotopic (exact) mass is 335 g/mol. The maximum atomic E-state index is 12.3. The predicted molar refractivity (Wildman–Crippen MR) is 97.3 cm³/mol. The minimum absolute atomic E-state index is 0.0319. The Bertz CT molecular complexity index is 860. The van der Waals surface area contributed by atoms with E-state index in [4.69, 9.17) is 0 Å². The van der Waals surface area contributed by atoms with Crippen molar-refractivity contribution in [3.63, 3.8) is 0 Å². The lowest BCUT2D eigenvalue weighted by atomic mass is 10.2. The maximum Gasteiger partial charge on any atom is 0.241 e. The number of rotatable bonds is 5. The molecule has 1 aliphatic heterocycles. The molecule has 1 unspecified atom stereocenters. The van der Waals surface area contributed by atoms with Crippen LogP contribution in [0.25, 0.3) is 11.0 Å². The number of fused-ring (bicyclic) bond motifs is 1. The minimum atomic E-state index is -0.0319. The second-order valence-corrected chi connectivity index (χ2v) is 6.36. The zero-order chi connectivity index (χ0) is 17.1. The molecule has 3 aromatic rings. The van der Waals surface area contributed by atoms with Crippen molar-refractivity contribution in [3.05, 3.63) is 54.6 Å². The molecule has 6 heteroatoms. The molecule has 25 heavy (non-hydrogen) atoms. The molecule has 4 rings (SSSR count). The summed E-state index contributed by atoms with van der Waals surface area (Å²) >= 11 is 0. The van der Waals surface area contributed by atoms with Crippen molar-refractivity contribution >= 4 is 22.6 Å². The van der Waals surface area contributed by atoms with Crippen LogP contribution in [0.5, 0.6) is 0 Å². The number of amides is 1. The highest BCUT2D eigenvalue weighted by Gasteiger charge is 2.25. The molecule has 0 saturated carbocycles. The number of hydrogen-bond donors (Lipinski definition) is 1. The van der Waals surface area contributed by atoms with Crippen molar-refractivity contribution in [2.45, 2.75) is 25.4 Å². The number of hydrogen-bond acceptors (Lipinski definition) is 4. The van der Waals surface area contributed by atoms with Gasteiger partial charge in [0.15, 0.2) is 0 Å². The first-order valence-corrected chi connectivity index (χ1v) is 8.68. The van der Waals surface area contributed by atoms with Gasteiger partial charge in [0, 0.05) is 24.8 Å². The third kappa shape index (κ3) is 3.33. The number of benzene rings is 2. The highest BCUT2D eigenvalue weighted by molar-refractivity contribution is 5.79. The number of carbonyl (C=O) groups is 1. The van der Waals surface area contributed by atoms with Crippen LogP contribution in [0.2, 0.25) is 0 Å². The normalized spacial score (nSPS) is 17.1. The fraction of sp³-hybridized carbons (Fsp3) is 0.316. The van der Waals surface area contributed by atoms with E-state index in [1.54, 1.807) is 4.68 Å². The molecule has 0 spiro atoms. The van der Waals surface area contributed by atoms with Crippen molar-refractivity contribution in [2.75, 3.05) is 18.0 Å². The first-order valence-electron chi connectivity index (χ1n) is 8.68. The van der Waals surface area contributed by atoms with Crippen molar-refractivity contribution in [3.8, 4) is 0 Å². The van der Waals surface area contributed by atoms with Gasteiger partial charge in [0.05, 0.1) is 5.52 Å². The fourth-order valence-electron chi connectivity index (χ4n) is 3.47. The smallest absolute Gasteiger partial charge is 0.241 e. The Kier molecular flexibility index (Phi) is 4.33. The summed E-state index contributed by atoms with van der Waals surface area (Å²) in [6.07, 6.45) is 2.25. The molecule has 0 radical (unpaired) electrons. The van der Waals surface area contributed by atoms with E-state index in [-0.39, 0.29) is 12.5 Å². The van der Waals surface area contributed by atoms with Gasteiger partial charge in [0.2, 0.25) is 5.91 Å². The second kappa shape index (κ2) is 6.93. The summed E-state index contributed by atoms with van der Waals surface area (Å²) in [5, 5.41) is 11.2. The van der Waals surface area contributed by atoms with E-state index in [0.717, 1.165) is 30.4 Å². The number of nitrogens with zero attached hydrogens (tertiary/aromatic N) is 4. The largest absolute Gasteiger partial charge is 0.367 e. The highest BCUT2D eigenvalue weighted by Crippen LogP contribution is 2.24. The van der Waals surface area contributed by atoms with Crippen molar-refractivity contribution in [2.24, 2.45) is 0 Å². The number of para-hydroxylation sites is 2. The first-order chi connectivity index (χ1) is 12.3. The van der Waals surface area contributed by atoms with E-state index in [2.05, 4.69) is 44.8 Å². The van der Waals surface area contributed by atoms with E-state index in [0.29, 0.717) is 12.6 Å². The molecule has 1 atom stereocenters.